The summed E-state index contributed by atoms with van der Waals surface area (Å²) in [5, 5.41) is 6.29. The minimum absolute atomic E-state index is 0.0374. The maximum atomic E-state index is 13.7. The Labute approximate surface area is 171 Å². The van der Waals surface area contributed by atoms with Gasteiger partial charge in [0, 0.05) is 24.0 Å². The predicted molar refractivity (Wildman–Crippen MR) is 107 cm³/mol. The molecule has 0 saturated carbocycles. The van der Waals surface area contributed by atoms with Crippen LogP contribution in [0.2, 0.25) is 5.02 Å². The Kier molecular flexibility index (Phi) is 6.25. The van der Waals surface area contributed by atoms with Gasteiger partial charge in [-0.15, -0.1) is 0 Å². The number of aromatic nitrogens is 1. The van der Waals surface area contributed by atoms with Crippen molar-refractivity contribution in [2.75, 3.05) is 17.7 Å². The third-order valence-corrected chi connectivity index (χ3v) is 3.94. The maximum Gasteiger partial charge on any atom is 0.323 e. The third-order valence-electron chi connectivity index (χ3n) is 3.70. The van der Waals surface area contributed by atoms with Crippen molar-refractivity contribution >= 4 is 34.9 Å². The first kappa shape index (κ1) is 20.1. The van der Waals surface area contributed by atoms with E-state index in [9.17, 15) is 14.0 Å². The molecule has 2 N–H and O–H groups in total. The molecule has 148 valence electrons. The number of amides is 3. The van der Waals surface area contributed by atoms with E-state index in [-0.39, 0.29) is 11.4 Å². The van der Waals surface area contributed by atoms with Crippen LogP contribution in [-0.4, -0.2) is 29.0 Å². The van der Waals surface area contributed by atoms with Crippen molar-refractivity contribution in [3.05, 3.63) is 83.4 Å². The van der Waals surface area contributed by atoms with Crippen molar-refractivity contribution in [3.8, 4) is 5.75 Å². The van der Waals surface area contributed by atoms with Gasteiger partial charge < -0.3 is 15.5 Å². The van der Waals surface area contributed by atoms with Crippen molar-refractivity contribution < 1.29 is 18.8 Å². The number of nitrogens with one attached hydrogen (secondary N) is 2. The number of hydrogen-bond donors (Lipinski definition) is 2. The number of carbonyl (C=O) groups excluding carboxylic acids is 2. The van der Waals surface area contributed by atoms with Crippen LogP contribution in [0.25, 0.3) is 0 Å². The number of rotatable bonds is 5. The van der Waals surface area contributed by atoms with Gasteiger partial charge in [-0.3, -0.25) is 9.78 Å². The Morgan fingerprint density at radius 1 is 1.07 bits per heavy atom. The average molecular weight is 415 g/mol. The molecule has 0 aliphatic carbocycles. The lowest BCUT2D eigenvalue weighted by Gasteiger charge is -2.17. The van der Waals surface area contributed by atoms with E-state index >= 15 is 0 Å². The van der Waals surface area contributed by atoms with E-state index in [0.29, 0.717) is 16.5 Å². The first-order valence-electron chi connectivity index (χ1n) is 8.42. The number of carbonyl (C=O) groups is 2. The monoisotopic (exact) mass is 414 g/mol. The van der Waals surface area contributed by atoms with Gasteiger partial charge in [0.2, 0.25) is 0 Å². The minimum atomic E-state index is -0.637. The zero-order valence-corrected chi connectivity index (χ0v) is 16.0. The fourth-order valence-electron chi connectivity index (χ4n) is 2.33. The lowest BCUT2D eigenvalue weighted by Crippen LogP contribution is -2.30. The highest BCUT2D eigenvalue weighted by atomic mass is 35.5. The molecule has 0 radical (unpaired) electrons. The molecule has 0 aliphatic rings. The summed E-state index contributed by atoms with van der Waals surface area (Å²) in [6.07, 6.45) is 1.52. The van der Waals surface area contributed by atoms with Crippen molar-refractivity contribution in [3.63, 3.8) is 0 Å². The van der Waals surface area contributed by atoms with Gasteiger partial charge in [0.15, 0.2) is 5.75 Å². The van der Waals surface area contributed by atoms with Gasteiger partial charge in [0.25, 0.3) is 0 Å². The molecule has 0 unspecified atom stereocenters. The van der Waals surface area contributed by atoms with Crippen molar-refractivity contribution in [1.29, 1.82) is 0 Å². The Balaban J connectivity index is 1.57. The highest BCUT2D eigenvalue weighted by molar-refractivity contribution is 6.30. The van der Waals surface area contributed by atoms with Crippen LogP contribution in [0.1, 0.15) is 10.5 Å². The van der Waals surface area contributed by atoms with E-state index in [1.807, 2.05) is 0 Å². The maximum absolute atomic E-state index is 13.7. The molecule has 0 fully saturated rings. The summed E-state index contributed by atoms with van der Waals surface area (Å²) in [4.78, 5) is 33.7. The average Bonchev–Trinajstić information content (AvgIpc) is 2.72. The van der Waals surface area contributed by atoms with Crippen molar-refractivity contribution in [2.24, 2.45) is 0 Å². The van der Waals surface area contributed by atoms with Crippen LogP contribution in [0.4, 0.5) is 20.6 Å². The zero-order valence-electron chi connectivity index (χ0n) is 15.2. The van der Waals surface area contributed by atoms with Crippen LogP contribution >= 0.6 is 11.6 Å². The van der Waals surface area contributed by atoms with Crippen molar-refractivity contribution in [2.45, 2.75) is 0 Å². The normalized spacial score (nSPS) is 10.2. The molecule has 0 aliphatic heterocycles. The molecule has 1 aromatic heterocycles. The number of benzene rings is 2. The van der Waals surface area contributed by atoms with E-state index in [1.54, 1.807) is 42.5 Å². The molecule has 3 amide bonds. The van der Waals surface area contributed by atoms with Gasteiger partial charge >= 0.3 is 11.9 Å². The number of anilines is 2. The predicted octanol–water partition coefficient (Wildman–Crippen LogP) is 4.58. The van der Waals surface area contributed by atoms with Gasteiger partial charge in [0.1, 0.15) is 11.5 Å². The minimum Gasteiger partial charge on any atom is -0.377 e. The molecule has 0 spiro atoms. The molecule has 0 saturated heterocycles. The number of hydrogen-bond acceptors (Lipinski definition) is 4. The van der Waals surface area contributed by atoms with Crippen LogP contribution in [0.5, 0.6) is 5.75 Å². The van der Waals surface area contributed by atoms with Gasteiger partial charge in [-0.05, 0) is 54.6 Å². The van der Waals surface area contributed by atoms with Crippen LogP contribution in [-0.2, 0) is 0 Å². The largest absolute Gasteiger partial charge is 0.377 e. The summed E-state index contributed by atoms with van der Waals surface area (Å²) >= 11 is 5.80. The zero-order chi connectivity index (χ0) is 20.8. The van der Waals surface area contributed by atoms with Crippen LogP contribution in [0, 0.1) is 5.82 Å². The number of nitrogens with zero attached hydrogens (tertiary/aromatic N) is 2. The quantitative estimate of drug-likeness (QED) is 0.598. The summed E-state index contributed by atoms with van der Waals surface area (Å²) in [7, 11) is 1.47. The van der Waals surface area contributed by atoms with Gasteiger partial charge in [-0.1, -0.05) is 17.7 Å². The Morgan fingerprint density at radius 2 is 1.83 bits per heavy atom. The highest BCUT2D eigenvalue weighted by Gasteiger charge is 2.14. The molecule has 3 aromatic rings. The smallest absolute Gasteiger partial charge is 0.323 e. The lowest BCUT2D eigenvalue weighted by molar-refractivity contribution is -0.0143. The summed E-state index contributed by atoms with van der Waals surface area (Å²) in [6.45, 7) is 0. The van der Waals surface area contributed by atoms with Crippen LogP contribution in [0.3, 0.4) is 0 Å². The Bertz CT molecular complexity index is 1020. The fraction of sp³-hybridized carbons (Fsp3) is 0.0500. The molecule has 2 aromatic carbocycles. The molecule has 7 nitrogen and oxygen atoms in total. The lowest BCUT2D eigenvalue weighted by atomic mass is 10.3. The first-order valence-corrected chi connectivity index (χ1v) is 8.80. The summed E-state index contributed by atoms with van der Waals surface area (Å²) in [6, 6.07) is 14.5. The fourth-order valence-corrected chi connectivity index (χ4v) is 2.50. The highest BCUT2D eigenvalue weighted by Crippen LogP contribution is 2.21. The van der Waals surface area contributed by atoms with Crippen molar-refractivity contribution in [1.82, 2.24) is 10.0 Å². The summed E-state index contributed by atoms with van der Waals surface area (Å²) in [5.74, 6) is -0.631. The summed E-state index contributed by atoms with van der Waals surface area (Å²) < 4.78 is 13.7. The van der Waals surface area contributed by atoms with Crippen LogP contribution < -0.4 is 15.5 Å². The number of pyridine rings is 1. The molecular weight excluding hydrogens is 399 g/mol. The van der Waals surface area contributed by atoms with Gasteiger partial charge in [-0.2, -0.15) is 5.06 Å². The Morgan fingerprint density at radius 3 is 2.52 bits per heavy atom. The second-order valence-corrected chi connectivity index (χ2v) is 6.27. The van der Waals surface area contributed by atoms with E-state index < -0.39 is 17.8 Å². The standard InChI is InChI=1S/C20H16ClFN4O3/c1-26(19(27)17-4-2-3-11-23-17)29-15-8-6-14(7-9-15)24-20(28)25-18-12-13(21)5-10-16(18)22/h2-12H,1H3,(H2,24,25,28). The molecule has 1 heterocycles. The van der Waals surface area contributed by atoms with Crippen LogP contribution in [0.15, 0.2) is 66.9 Å². The summed E-state index contributed by atoms with van der Waals surface area (Å²) in [5.41, 5.74) is 0.652. The number of urea groups is 1. The SMILES string of the molecule is CN(Oc1ccc(NC(=O)Nc2cc(Cl)ccc2F)cc1)C(=O)c1ccccn1. The second kappa shape index (κ2) is 9.03. The van der Waals surface area contributed by atoms with E-state index in [2.05, 4.69) is 15.6 Å². The molecule has 3 rings (SSSR count). The molecular formula is C20H16ClFN4O3. The van der Waals surface area contributed by atoms with E-state index in [1.165, 1.54) is 25.4 Å². The molecule has 0 atom stereocenters. The first-order chi connectivity index (χ1) is 13.9. The molecule has 29 heavy (non-hydrogen) atoms. The van der Waals surface area contributed by atoms with E-state index in [0.717, 1.165) is 11.1 Å². The number of hydroxylamine groups is 2. The molecule has 0 bridgehead atoms. The third kappa shape index (κ3) is 5.43. The second-order valence-electron chi connectivity index (χ2n) is 5.84. The molecule has 9 heteroatoms. The van der Waals surface area contributed by atoms with Gasteiger partial charge in [-0.25, -0.2) is 9.18 Å². The van der Waals surface area contributed by atoms with Gasteiger partial charge in [0.05, 0.1) is 5.69 Å². The topological polar surface area (TPSA) is 83.6 Å². The number of halogens is 2. The Hall–Kier alpha value is -3.65. The van der Waals surface area contributed by atoms with E-state index in [4.69, 9.17) is 16.4 Å².